The zero-order chi connectivity index (χ0) is 25.7. The third kappa shape index (κ3) is 5.07. The molecule has 35 heavy (non-hydrogen) atoms. The molecule has 0 radical (unpaired) electrons. The van der Waals surface area contributed by atoms with Crippen LogP contribution in [0.4, 0.5) is 18.0 Å². The maximum absolute atomic E-state index is 13.1. The summed E-state index contributed by atoms with van der Waals surface area (Å²) in [5.74, 6) is 0.116. The molecule has 7 nitrogen and oxygen atoms in total. The number of hydrogen-bond donors (Lipinski definition) is 1. The van der Waals surface area contributed by atoms with Gasteiger partial charge in [0.1, 0.15) is 17.5 Å². The van der Waals surface area contributed by atoms with Gasteiger partial charge in [0.15, 0.2) is 0 Å². The summed E-state index contributed by atoms with van der Waals surface area (Å²) < 4.78 is 50.0. The molecule has 1 aliphatic heterocycles. The van der Waals surface area contributed by atoms with E-state index in [1.165, 1.54) is 13.2 Å². The van der Waals surface area contributed by atoms with Crippen LogP contribution in [0.1, 0.15) is 56.5 Å². The van der Waals surface area contributed by atoms with E-state index in [4.69, 9.17) is 9.47 Å². The highest BCUT2D eigenvalue weighted by Gasteiger charge is 2.50. The van der Waals surface area contributed by atoms with Crippen molar-refractivity contribution in [1.29, 1.82) is 0 Å². The molecule has 2 heterocycles. The molecule has 4 atom stereocenters. The van der Waals surface area contributed by atoms with Gasteiger partial charge in [-0.3, -0.25) is 0 Å². The Kier molecular flexibility index (Phi) is 6.46. The van der Waals surface area contributed by atoms with E-state index in [0.29, 0.717) is 29.1 Å². The van der Waals surface area contributed by atoms with Crippen LogP contribution in [0.2, 0.25) is 0 Å². The first-order chi connectivity index (χ1) is 16.3. The second-order valence-corrected chi connectivity index (χ2v) is 10.4. The second-order valence-electron chi connectivity index (χ2n) is 10.4. The van der Waals surface area contributed by atoms with E-state index in [-0.39, 0.29) is 29.7 Å². The number of likely N-dealkylation sites (tertiary alicyclic amines) is 1. The van der Waals surface area contributed by atoms with Crippen molar-refractivity contribution in [1.82, 2.24) is 15.1 Å². The first kappa shape index (κ1) is 25.2. The van der Waals surface area contributed by atoms with Gasteiger partial charge in [0.25, 0.3) is 0 Å². The predicted molar refractivity (Wildman–Crippen MR) is 122 cm³/mol. The number of fused-ring (bicyclic) bond motifs is 2. The van der Waals surface area contributed by atoms with E-state index in [9.17, 15) is 23.1 Å². The highest BCUT2D eigenvalue weighted by molar-refractivity contribution is 5.70. The Balaban J connectivity index is 1.56. The molecule has 10 heteroatoms. The summed E-state index contributed by atoms with van der Waals surface area (Å²) >= 11 is 0. The Morgan fingerprint density at radius 1 is 1.17 bits per heavy atom. The Labute approximate surface area is 202 Å². The highest BCUT2D eigenvalue weighted by Crippen LogP contribution is 2.47. The molecular formula is C25H30F3N3O4. The summed E-state index contributed by atoms with van der Waals surface area (Å²) in [7, 11) is 1.30. The van der Waals surface area contributed by atoms with Crippen molar-refractivity contribution in [2.75, 3.05) is 13.7 Å². The van der Waals surface area contributed by atoms with E-state index < -0.39 is 23.4 Å². The molecule has 1 aliphatic carbocycles. The molecule has 1 N–H and O–H groups in total. The number of amides is 1. The number of aryl methyl sites for hydroxylation is 1. The van der Waals surface area contributed by atoms with Crippen LogP contribution in [0.15, 0.2) is 24.3 Å². The van der Waals surface area contributed by atoms with Crippen LogP contribution in [0.5, 0.6) is 5.75 Å². The lowest BCUT2D eigenvalue weighted by Crippen LogP contribution is -2.46. The van der Waals surface area contributed by atoms with Gasteiger partial charge in [-0.15, -0.1) is 5.10 Å². The summed E-state index contributed by atoms with van der Waals surface area (Å²) in [5.41, 5.74) is 0.322. The van der Waals surface area contributed by atoms with Crippen LogP contribution in [0.3, 0.4) is 0 Å². The number of aliphatic hydroxyl groups is 1. The van der Waals surface area contributed by atoms with Gasteiger partial charge in [-0.1, -0.05) is 0 Å². The first-order valence-electron chi connectivity index (χ1n) is 11.6. The smallest absolute Gasteiger partial charge is 0.416 e. The zero-order valence-corrected chi connectivity index (χ0v) is 20.4. The summed E-state index contributed by atoms with van der Waals surface area (Å²) in [6, 6.07) is 4.75. The number of methoxy groups -OCH3 is 1. The molecular weight excluding hydrogens is 463 g/mol. The van der Waals surface area contributed by atoms with Gasteiger partial charge in [0.2, 0.25) is 0 Å². The molecule has 0 spiro atoms. The number of nitrogens with zero attached hydrogens (tertiary/aromatic N) is 3. The van der Waals surface area contributed by atoms with E-state index >= 15 is 0 Å². The number of aromatic nitrogens is 2. The number of rotatable bonds is 4. The number of piperidine rings is 1. The summed E-state index contributed by atoms with van der Waals surface area (Å²) in [4.78, 5) is 14.4. The van der Waals surface area contributed by atoms with Crippen molar-refractivity contribution in [2.24, 2.45) is 11.8 Å². The van der Waals surface area contributed by atoms with Gasteiger partial charge in [-0.25, -0.2) is 4.79 Å². The van der Waals surface area contributed by atoms with Crippen molar-refractivity contribution in [3.05, 3.63) is 41.1 Å². The number of benzene rings is 1. The van der Waals surface area contributed by atoms with E-state index in [1.807, 2.05) is 20.8 Å². The monoisotopic (exact) mass is 493 g/mol. The molecule has 1 saturated heterocycles. The van der Waals surface area contributed by atoms with Crippen LogP contribution < -0.4 is 4.74 Å². The largest absolute Gasteiger partial charge is 0.496 e. The average molecular weight is 494 g/mol. The number of alkyl halides is 3. The predicted octanol–water partition coefficient (Wildman–Crippen LogP) is 5.16. The van der Waals surface area contributed by atoms with Crippen LogP contribution in [0, 0.1) is 18.8 Å². The maximum Gasteiger partial charge on any atom is 0.416 e. The fourth-order valence-electron chi connectivity index (χ4n) is 5.14. The van der Waals surface area contributed by atoms with Gasteiger partial charge in [-0.2, -0.15) is 18.3 Å². The molecule has 1 aromatic carbocycles. The van der Waals surface area contributed by atoms with Gasteiger partial charge in [0.05, 0.1) is 24.1 Å². The highest BCUT2D eigenvalue weighted by atomic mass is 19.4. The molecule has 4 unspecified atom stereocenters. The van der Waals surface area contributed by atoms with Crippen LogP contribution in [-0.4, -0.2) is 51.6 Å². The molecule has 1 aromatic heterocycles. The van der Waals surface area contributed by atoms with Crippen LogP contribution >= 0.6 is 0 Å². The lowest BCUT2D eigenvalue weighted by atomic mass is 9.90. The number of hydrogen-bond acceptors (Lipinski definition) is 6. The van der Waals surface area contributed by atoms with Crippen molar-refractivity contribution in [3.8, 4) is 17.0 Å². The number of ether oxygens (including phenoxy) is 2. The molecule has 2 aliphatic rings. The molecule has 190 valence electrons. The quantitative estimate of drug-likeness (QED) is 0.634. The van der Waals surface area contributed by atoms with Crippen LogP contribution in [0.25, 0.3) is 11.3 Å². The third-order valence-electron chi connectivity index (χ3n) is 6.65. The first-order valence-corrected chi connectivity index (χ1v) is 11.6. The van der Waals surface area contributed by atoms with Crippen molar-refractivity contribution in [2.45, 2.75) is 64.5 Å². The van der Waals surface area contributed by atoms with Crippen molar-refractivity contribution in [3.63, 3.8) is 0 Å². The normalized spacial score (nSPS) is 22.9. The minimum atomic E-state index is -4.49. The molecule has 1 saturated carbocycles. The lowest BCUT2D eigenvalue weighted by molar-refractivity contribution is -0.137. The van der Waals surface area contributed by atoms with E-state index in [0.717, 1.165) is 25.0 Å². The molecule has 1 amide bonds. The molecule has 4 rings (SSSR count). The molecule has 2 aromatic rings. The summed E-state index contributed by atoms with van der Waals surface area (Å²) in [6.07, 6.45) is -4.25. The van der Waals surface area contributed by atoms with E-state index in [1.54, 1.807) is 17.9 Å². The minimum absolute atomic E-state index is 0.0339. The zero-order valence-electron chi connectivity index (χ0n) is 20.4. The number of aliphatic hydroxyl groups excluding tert-OH is 1. The van der Waals surface area contributed by atoms with Gasteiger partial charge in [0, 0.05) is 24.1 Å². The Morgan fingerprint density at radius 3 is 2.46 bits per heavy atom. The van der Waals surface area contributed by atoms with Gasteiger partial charge < -0.3 is 19.5 Å². The number of carbonyl (C=O) groups is 1. The third-order valence-corrected chi connectivity index (χ3v) is 6.65. The Hall–Kier alpha value is -2.88. The van der Waals surface area contributed by atoms with Crippen molar-refractivity contribution >= 4 is 6.09 Å². The fourth-order valence-corrected chi connectivity index (χ4v) is 5.14. The van der Waals surface area contributed by atoms with Crippen LogP contribution in [-0.2, 0) is 10.9 Å². The second kappa shape index (κ2) is 8.96. The topological polar surface area (TPSA) is 84.8 Å². The Bertz CT molecular complexity index is 1120. The minimum Gasteiger partial charge on any atom is -0.496 e. The average Bonchev–Trinajstić information content (AvgIpc) is 3.38. The lowest BCUT2D eigenvalue weighted by Gasteiger charge is -2.36. The number of carbonyl (C=O) groups excluding carboxylic acids is 1. The van der Waals surface area contributed by atoms with Crippen molar-refractivity contribution < 1.29 is 32.5 Å². The van der Waals surface area contributed by atoms with Gasteiger partial charge >= 0.3 is 12.3 Å². The summed E-state index contributed by atoms with van der Waals surface area (Å²) in [6.45, 7) is 7.82. The molecule has 2 bridgehead atoms. The fraction of sp³-hybridized carbons (Fsp3) is 0.560. The number of halogens is 3. The standard InChI is InChI=1S/C25H30F3N3O4/c1-13-8-18(29-30-21(13)16-7-6-15(25(26,27)28)11-20(16)34-5)22(32)17-9-14-10-19(17)31(12-14)23(33)35-24(2,3)4/h6-8,11,14,17,19,22,32H,9-10,12H2,1-5H3. The summed E-state index contributed by atoms with van der Waals surface area (Å²) in [5, 5.41) is 19.6. The SMILES string of the molecule is COc1cc(C(F)(F)F)ccc1-c1nnc(C(O)C2CC3CC2N(C(=O)OC(C)(C)C)C3)cc1C. The van der Waals surface area contributed by atoms with Gasteiger partial charge in [-0.05, 0) is 76.3 Å². The van der Waals surface area contributed by atoms with E-state index in [2.05, 4.69) is 10.2 Å². The Morgan fingerprint density at radius 2 is 1.89 bits per heavy atom. The maximum atomic E-state index is 13.1. The molecule has 2 fully saturated rings.